The molecule has 3 aromatic rings. The van der Waals surface area contributed by atoms with Crippen LogP contribution < -0.4 is 5.32 Å². The molecule has 128 valence electrons. The SMILES string of the molecule is O=C(CSc1nnc(Cc2ccccc2)o1)Nc1ncc([N+](=O)[O-])s1. The summed E-state index contributed by atoms with van der Waals surface area (Å²) < 4.78 is 5.48. The van der Waals surface area contributed by atoms with Crippen molar-refractivity contribution in [3.05, 3.63) is 58.1 Å². The summed E-state index contributed by atoms with van der Waals surface area (Å²) in [6.07, 6.45) is 1.62. The van der Waals surface area contributed by atoms with Crippen molar-refractivity contribution < 1.29 is 14.1 Å². The Bertz CT molecular complexity index is 880. The molecular weight excluding hydrogens is 366 g/mol. The average Bonchev–Trinajstić information content (AvgIpc) is 3.23. The van der Waals surface area contributed by atoms with Crippen LogP contribution in [0, 0.1) is 10.1 Å². The quantitative estimate of drug-likeness (QED) is 0.379. The molecule has 0 atom stereocenters. The van der Waals surface area contributed by atoms with Gasteiger partial charge in [0, 0.05) is 0 Å². The average molecular weight is 377 g/mol. The van der Waals surface area contributed by atoms with Gasteiger partial charge in [-0.3, -0.25) is 14.9 Å². The van der Waals surface area contributed by atoms with Gasteiger partial charge in [0.05, 0.1) is 17.1 Å². The van der Waals surface area contributed by atoms with Crippen molar-refractivity contribution >= 4 is 39.1 Å². The summed E-state index contributed by atoms with van der Waals surface area (Å²) in [5, 5.41) is 21.2. The van der Waals surface area contributed by atoms with Gasteiger partial charge >= 0.3 is 5.00 Å². The molecule has 3 rings (SSSR count). The van der Waals surface area contributed by atoms with E-state index in [1.807, 2.05) is 30.3 Å². The minimum Gasteiger partial charge on any atom is -0.416 e. The standard InChI is InChI=1S/C14H11N5O4S2/c20-10(16-13-15-7-12(25-13)19(21)22)8-24-14-18-17-11(23-14)6-9-4-2-1-3-5-9/h1-5,7H,6,8H2,(H,15,16,20). The summed E-state index contributed by atoms with van der Waals surface area (Å²) in [6, 6.07) is 9.69. The minimum absolute atomic E-state index is 0.0281. The largest absolute Gasteiger partial charge is 0.416 e. The van der Waals surface area contributed by atoms with Crippen molar-refractivity contribution in [1.29, 1.82) is 0 Å². The second-order valence-electron chi connectivity index (χ2n) is 4.72. The van der Waals surface area contributed by atoms with Gasteiger partial charge in [0.2, 0.25) is 11.8 Å². The zero-order chi connectivity index (χ0) is 17.6. The van der Waals surface area contributed by atoms with Gasteiger partial charge in [-0.15, -0.1) is 10.2 Å². The number of hydrogen-bond acceptors (Lipinski definition) is 9. The number of amides is 1. The highest BCUT2D eigenvalue weighted by Crippen LogP contribution is 2.25. The maximum absolute atomic E-state index is 11.8. The number of aromatic nitrogens is 3. The fourth-order valence-corrected chi connectivity index (χ4v) is 3.06. The number of rotatable bonds is 7. The van der Waals surface area contributed by atoms with Gasteiger partial charge in [-0.05, 0) is 16.9 Å². The van der Waals surface area contributed by atoms with Crippen LogP contribution in [0.2, 0.25) is 0 Å². The highest BCUT2D eigenvalue weighted by molar-refractivity contribution is 7.99. The van der Waals surface area contributed by atoms with E-state index in [9.17, 15) is 14.9 Å². The van der Waals surface area contributed by atoms with Crippen LogP contribution in [-0.4, -0.2) is 31.8 Å². The van der Waals surface area contributed by atoms with Crippen LogP contribution in [0.3, 0.4) is 0 Å². The number of nitrogens with zero attached hydrogens (tertiary/aromatic N) is 4. The lowest BCUT2D eigenvalue weighted by Gasteiger charge is -1.98. The number of thioether (sulfide) groups is 1. The van der Waals surface area contributed by atoms with Crippen LogP contribution >= 0.6 is 23.1 Å². The van der Waals surface area contributed by atoms with Crippen LogP contribution in [0.5, 0.6) is 0 Å². The van der Waals surface area contributed by atoms with Gasteiger partial charge in [-0.2, -0.15) is 0 Å². The maximum Gasteiger partial charge on any atom is 0.345 e. The third-order valence-corrected chi connectivity index (χ3v) is 4.58. The van der Waals surface area contributed by atoms with Crippen LogP contribution in [0.4, 0.5) is 10.1 Å². The number of nitro groups is 1. The van der Waals surface area contributed by atoms with Crippen molar-refractivity contribution in [1.82, 2.24) is 15.2 Å². The second kappa shape index (κ2) is 7.85. The van der Waals surface area contributed by atoms with Gasteiger partial charge in [-0.25, -0.2) is 4.98 Å². The molecule has 0 aliphatic carbocycles. The fraction of sp³-hybridized carbons (Fsp3) is 0.143. The summed E-state index contributed by atoms with van der Waals surface area (Å²) in [5.74, 6) is 0.127. The Morgan fingerprint density at radius 2 is 2.12 bits per heavy atom. The van der Waals surface area contributed by atoms with Crippen LogP contribution in [0.1, 0.15) is 11.5 Å². The summed E-state index contributed by atoms with van der Waals surface area (Å²) in [4.78, 5) is 25.6. The van der Waals surface area contributed by atoms with Crippen molar-refractivity contribution in [3.63, 3.8) is 0 Å². The van der Waals surface area contributed by atoms with Gasteiger partial charge in [0.15, 0.2) is 5.13 Å². The third kappa shape index (κ3) is 4.84. The number of anilines is 1. The van der Waals surface area contributed by atoms with Crippen molar-refractivity contribution in [2.75, 3.05) is 11.1 Å². The number of carbonyl (C=O) groups excluding carboxylic acids is 1. The summed E-state index contributed by atoms with van der Waals surface area (Å²) in [5.41, 5.74) is 1.05. The van der Waals surface area contributed by atoms with Crippen LogP contribution in [-0.2, 0) is 11.2 Å². The normalized spacial score (nSPS) is 10.6. The predicted octanol–water partition coefficient (Wildman–Crippen LogP) is 2.76. The molecule has 0 saturated heterocycles. The van der Waals surface area contributed by atoms with E-state index in [4.69, 9.17) is 4.42 Å². The van der Waals surface area contributed by atoms with Crippen LogP contribution in [0.25, 0.3) is 0 Å². The lowest BCUT2D eigenvalue weighted by molar-refractivity contribution is -0.380. The topological polar surface area (TPSA) is 124 Å². The third-order valence-electron chi connectivity index (χ3n) is 2.89. The van der Waals surface area contributed by atoms with Crippen molar-refractivity contribution in [2.45, 2.75) is 11.6 Å². The molecular formula is C14H11N5O4S2. The lowest BCUT2D eigenvalue weighted by atomic mass is 10.2. The van der Waals surface area contributed by atoms with E-state index < -0.39 is 4.92 Å². The molecule has 2 heterocycles. The molecule has 0 radical (unpaired) electrons. The molecule has 0 saturated carbocycles. The van der Waals surface area contributed by atoms with Gasteiger partial charge in [0.25, 0.3) is 5.22 Å². The van der Waals surface area contributed by atoms with Crippen LogP contribution in [0.15, 0.2) is 46.2 Å². The Morgan fingerprint density at radius 3 is 2.84 bits per heavy atom. The summed E-state index contributed by atoms with van der Waals surface area (Å²) in [6.45, 7) is 0. The monoisotopic (exact) mass is 377 g/mol. The molecule has 0 bridgehead atoms. The second-order valence-corrected chi connectivity index (χ2v) is 6.66. The molecule has 2 aromatic heterocycles. The number of benzene rings is 1. The molecule has 0 unspecified atom stereocenters. The van der Waals surface area contributed by atoms with Crippen molar-refractivity contribution in [3.8, 4) is 0 Å². The van der Waals surface area contributed by atoms with Crippen molar-refractivity contribution in [2.24, 2.45) is 0 Å². The zero-order valence-electron chi connectivity index (χ0n) is 12.6. The fourth-order valence-electron chi connectivity index (χ4n) is 1.83. The van der Waals surface area contributed by atoms with E-state index in [-0.39, 0.29) is 27.0 Å². The van der Waals surface area contributed by atoms with Gasteiger partial charge < -0.3 is 9.73 Å². The molecule has 0 spiro atoms. The Hall–Kier alpha value is -2.79. The number of carbonyl (C=O) groups is 1. The lowest BCUT2D eigenvalue weighted by Crippen LogP contribution is -2.13. The van der Waals surface area contributed by atoms with E-state index >= 15 is 0 Å². The van der Waals surface area contributed by atoms with E-state index in [1.54, 1.807) is 0 Å². The first-order chi connectivity index (χ1) is 12.1. The first-order valence-corrected chi connectivity index (χ1v) is 8.79. The molecule has 0 aliphatic rings. The predicted molar refractivity (Wildman–Crippen MR) is 91.7 cm³/mol. The molecule has 11 heteroatoms. The highest BCUT2D eigenvalue weighted by atomic mass is 32.2. The van der Waals surface area contributed by atoms with Gasteiger partial charge in [-0.1, -0.05) is 42.1 Å². The highest BCUT2D eigenvalue weighted by Gasteiger charge is 2.15. The minimum atomic E-state index is -0.561. The first kappa shape index (κ1) is 17.0. The zero-order valence-corrected chi connectivity index (χ0v) is 14.2. The Morgan fingerprint density at radius 1 is 1.32 bits per heavy atom. The smallest absolute Gasteiger partial charge is 0.345 e. The molecule has 1 amide bonds. The summed E-state index contributed by atoms with van der Waals surface area (Å²) in [7, 11) is 0. The Kier molecular flexibility index (Phi) is 5.36. The molecule has 1 N–H and O–H groups in total. The number of thiazole rings is 1. The Balaban J connectivity index is 1.49. The van der Waals surface area contributed by atoms with E-state index in [0.29, 0.717) is 12.3 Å². The molecule has 25 heavy (non-hydrogen) atoms. The number of nitrogens with one attached hydrogen (secondary N) is 1. The first-order valence-electron chi connectivity index (χ1n) is 6.99. The van der Waals surface area contributed by atoms with Gasteiger partial charge in [0.1, 0.15) is 6.20 Å². The van der Waals surface area contributed by atoms with E-state index in [0.717, 1.165) is 34.9 Å². The van der Waals surface area contributed by atoms with E-state index in [2.05, 4.69) is 20.5 Å². The molecule has 0 aliphatic heterocycles. The Labute approximate surface area is 149 Å². The molecule has 0 fully saturated rings. The number of hydrogen-bond donors (Lipinski definition) is 1. The summed E-state index contributed by atoms with van der Waals surface area (Å²) >= 11 is 1.88. The molecule has 1 aromatic carbocycles. The maximum atomic E-state index is 11.8. The molecule has 9 nitrogen and oxygen atoms in total. The van der Waals surface area contributed by atoms with E-state index in [1.165, 1.54) is 0 Å².